The average molecular weight is 406 g/mol. The normalized spacial score (nSPS) is 21.7. The Morgan fingerprint density at radius 1 is 1.25 bits per heavy atom. The number of amides is 1. The van der Waals surface area contributed by atoms with Crippen LogP contribution in [0.4, 0.5) is 4.39 Å². The molecule has 28 heavy (non-hydrogen) atoms. The largest absolute Gasteiger partial charge is 0.466 e. The van der Waals surface area contributed by atoms with Gasteiger partial charge in [-0.15, -0.1) is 0 Å². The van der Waals surface area contributed by atoms with Crippen LogP contribution in [0.2, 0.25) is 0 Å². The fourth-order valence-electron chi connectivity index (χ4n) is 3.27. The first-order chi connectivity index (χ1) is 13.3. The number of methoxy groups -OCH3 is 1. The van der Waals surface area contributed by atoms with Gasteiger partial charge < -0.3 is 15.2 Å². The maximum absolute atomic E-state index is 14.7. The zero-order chi connectivity index (χ0) is 20.6. The summed E-state index contributed by atoms with van der Waals surface area (Å²) < 4.78 is 24.7. The van der Waals surface area contributed by atoms with E-state index in [2.05, 4.69) is 0 Å². The van der Waals surface area contributed by atoms with Crippen LogP contribution < -0.4 is 5.73 Å². The van der Waals surface area contributed by atoms with Gasteiger partial charge in [-0.25, -0.2) is 14.0 Å². The first-order valence-electron chi connectivity index (χ1n) is 8.57. The minimum absolute atomic E-state index is 0.0208. The van der Waals surface area contributed by atoms with Crippen molar-refractivity contribution in [1.29, 1.82) is 0 Å². The number of nitrogens with two attached hydrogens (primary N) is 1. The number of carbonyl (C=O) groups excluding carboxylic acids is 3. The highest BCUT2D eigenvalue weighted by Crippen LogP contribution is 2.50. The van der Waals surface area contributed by atoms with Gasteiger partial charge in [0.25, 0.3) is 0 Å². The van der Waals surface area contributed by atoms with Gasteiger partial charge in [0.15, 0.2) is 0 Å². The fraction of sp³-hybridized carbons (Fsp3) is 0.316. The van der Waals surface area contributed by atoms with Crippen molar-refractivity contribution in [2.75, 3.05) is 13.7 Å². The molecular formula is C19H19FN2O5S. The summed E-state index contributed by atoms with van der Waals surface area (Å²) in [4.78, 5) is 39.2. The molecule has 0 unspecified atom stereocenters. The molecule has 9 heteroatoms. The van der Waals surface area contributed by atoms with E-state index in [1.165, 1.54) is 25.3 Å². The molecule has 3 rings (SSSR count). The van der Waals surface area contributed by atoms with E-state index in [0.717, 1.165) is 16.7 Å². The summed E-state index contributed by atoms with van der Waals surface area (Å²) in [6.45, 7) is 3.31. The van der Waals surface area contributed by atoms with Gasteiger partial charge in [-0.1, -0.05) is 30.0 Å². The van der Waals surface area contributed by atoms with E-state index >= 15 is 0 Å². The number of esters is 2. The van der Waals surface area contributed by atoms with Crippen molar-refractivity contribution in [2.45, 2.75) is 25.0 Å². The SMILES string of the molecule is CCOC(=O)C1=C(N)N2C(=O)[C@@H](C)SC2=C(C(=O)OC)[C@@H]1c1ccccc1F. The van der Waals surface area contributed by atoms with Gasteiger partial charge in [0.2, 0.25) is 5.91 Å². The third-order valence-electron chi connectivity index (χ3n) is 4.50. The summed E-state index contributed by atoms with van der Waals surface area (Å²) in [6, 6.07) is 5.75. The van der Waals surface area contributed by atoms with Gasteiger partial charge in [0.05, 0.1) is 41.1 Å². The molecule has 2 atom stereocenters. The Hall–Kier alpha value is -2.81. The molecule has 2 aliphatic heterocycles. The van der Waals surface area contributed by atoms with E-state index < -0.39 is 28.9 Å². The number of benzene rings is 1. The Labute approximate surface area is 165 Å². The summed E-state index contributed by atoms with van der Waals surface area (Å²) in [6.07, 6.45) is 0. The molecule has 1 saturated heterocycles. The molecule has 0 bridgehead atoms. The van der Waals surface area contributed by atoms with Crippen molar-refractivity contribution >= 4 is 29.6 Å². The standard InChI is InChI=1S/C19H19FN2O5S/c1-4-27-19(25)13-12(10-7-5-6-8-11(10)20)14(18(24)26-3)17-22(15(13)21)16(23)9(2)28-17/h5-9,12H,4,21H2,1-3H3/t9-,12-/m1/s1. The van der Waals surface area contributed by atoms with Gasteiger partial charge in [-0.3, -0.25) is 9.69 Å². The second-order valence-corrected chi connectivity index (χ2v) is 7.45. The molecule has 1 fully saturated rings. The summed E-state index contributed by atoms with van der Waals surface area (Å²) in [5.74, 6) is -3.95. The number of thioether (sulfide) groups is 1. The van der Waals surface area contributed by atoms with E-state index in [4.69, 9.17) is 15.2 Å². The molecule has 1 aromatic rings. The molecule has 7 nitrogen and oxygen atoms in total. The van der Waals surface area contributed by atoms with E-state index in [1.54, 1.807) is 19.9 Å². The van der Waals surface area contributed by atoms with Crippen molar-refractivity contribution in [3.05, 3.63) is 57.6 Å². The number of fused-ring (bicyclic) bond motifs is 1. The highest BCUT2D eigenvalue weighted by Gasteiger charge is 2.49. The molecule has 0 aliphatic carbocycles. The van der Waals surface area contributed by atoms with E-state index in [0.29, 0.717) is 0 Å². The lowest BCUT2D eigenvalue weighted by atomic mass is 9.82. The van der Waals surface area contributed by atoms with E-state index in [9.17, 15) is 18.8 Å². The highest BCUT2D eigenvalue weighted by molar-refractivity contribution is 8.04. The number of carbonyl (C=O) groups is 3. The maximum Gasteiger partial charge on any atom is 0.338 e. The second-order valence-electron chi connectivity index (χ2n) is 6.12. The second kappa shape index (κ2) is 7.67. The Bertz CT molecular complexity index is 927. The number of nitrogens with zero attached hydrogens (tertiary/aromatic N) is 1. The summed E-state index contributed by atoms with van der Waals surface area (Å²) >= 11 is 1.11. The molecule has 1 amide bonds. The summed E-state index contributed by atoms with van der Waals surface area (Å²) in [5.41, 5.74) is 6.07. The zero-order valence-corrected chi connectivity index (χ0v) is 16.3. The van der Waals surface area contributed by atoms with Gasteiger partial charge in [0.1, 0.15) is 11.6 Å². The minimum atomic E-state index is -1.16. The number of halogens is 1. The molecule has 2 aliphatic rings. The number of hydrogen-bond donors (Lipinski definition) is 1. The van der Waals surface area contributed by atoms with E-state index in [-0.39, 0.29) is 40.1 Å². The van der Waals surface area contributed by atoms with Crippen LogP contribution in [0.1, 0.15) is 25.3 Å². The molecule has 0 aromatic heterocycles. The van der Waals surface area contributed by atoms with Crippen LogP contribution in [-0.2, 0) is 23.9 Å². The Kier molecular flexibility index (Phi) is 5.46. The average Bonchev–Trinajstić information content (AvgIpc) is 2.96. The zero-order valence-electron chi connectivity index (χ0n) is 15.5. The predicted octanol–water partition coefficient (Wildman–Crippen LogP) is 2.00. The van der Waals surface area contributed by atoms with Crippen LogP contribution in [-0.4, -0.2) is 41.7 Å². The fourth-order valence-corrected chi connectivity index (χ4v) is 4.43. The lowest BCUT2D eigenvalue weighted by Crippen LogP contribution is -2.40. The smallest absolute Gasteiger partial charge is 0.338 e. The first kappa shape index (κ1) is 19.9. The third-order valence-corrected chi connectivity index (χ3v) is 5.68. The molecular weight excluding hydrogens is 387 g/mol. The molecule has 1 aromatic carbocycles. The first-order valence-corrected chi connectivity index (χ1v) is 9.45. The lowest BCUT2D eigenvalue weighted by Gasteiger charge is -2.33. The third kappa shape index (κ3) is 3.05. The Balaban J connectivity index is 2.34. The van der Waals surface area contributed by atoms with Crippen molar-refractivity contribution in [3.8, 4) is 0 Å². The molecule has 2 heterocycles. The summed E-state index contributed by atoms with van der Waals surface area (Å²) in [5, 5.41) is -0.292. The van der Waals surface area contributed by atoms with E-state index in [1.807, 2.05) is 0 Å². The molecule has 0 spiro atoms. The van der Waals surface area contributed by atoms with Crippen molar-refractivity contribution in [2.24, 2.45) is 5.73 Å². The van der Waals surface area contributed by atoms with Crippen LogP contribution in [0.3, 0.4) is 0 Å². The van der Waals surface area contributed by atoms with Crippen LogP contribution in [0.15, 0.2) is 46.3 Å². The molecule has 2 N–H and O–H groups in total. The quantitative estimate of drug-likeness (QED) is 0.764. The van der Waals surface area contributed by atoms with Crippen LogP contribution in [0.25, 0.3) is 0 Å². The van der Waals surface area contributed by atoms with Crippen molar-refractivity contribution < 1.29 is 28.2 Å². The topological polar surface area (TPSA) is 98.9 Å². The number of hydrogen-bond acceptors (Lipinski definition) is 7. The van der Waals surface area contributed by atoms with Gasteiger partial charge >= 0.3 is 11.9 Å². The summed E-state index contributed by atoms with van der Waals surface area (Å²) in [7, 11) is 1.18. The Morgan fingerprint density at radius 3 is 2.54 bits per heavy atom. The van der Waals surface area contributed by atoms with Gasteiger partial charge in [0, 0.05) is 5.56 Å². The highest BCUT2D eigenvalue weighted by atomic mass is 32.2. The van der Waals surface area contributed by atoms with Crippen molar-refractivity contribution in [1.82, 2.24) is 4.90 Å². The lowest BCUT2D eigenvalue weighted by molar-refractivity contribution is -0.139. The maximum atomic E-state index is 14.7. The molecule has 148 valence electrons. The van der Waals surface area contributed by atoms with Gasteiger partial charge in [-0.05, 0) is 19.9 Å². The van der Waals surface area contributed by atoms with Gasteiger partial charge in [-0.2, -0.15) is 0 Å². The van der Waals surface area contributed by atoms with Crippen LogP contribution >= 0.6 is 11.8 Å². The van der Waals surface area contributed by atoms with Crippen LogP contribution in [0.5, 0.6) is 0 Å². The predicted molar refractivity (Wildman–Crippen MR) is 99.9 cm³/mol. The Morgan fingerprint density at radius 2 is 1.93 bits per heavy atom. The van der Waals surface area contributed by atoms with Crippen LogP contribution in [0, 0.1) is 5.82 Å². The number of ether oxygens (including phenoxy) is 2. The minimum Gasteiger partial charge on any atom is -0.466 e. The molecule has 0 radical (unpaired) electrons. The van der Waals surface area contributed by atoms with Crippen molar-refractivity contribution in [3.63, 3.8) is 0 Å². The number of rotatable bonds is 4. The monoisotopic (exact) mass is 406 g/mol. The molecule has 0 saturated carbocycles.